The number of para-hydroxylation sites is 1. The van der Waals surface area contributed by atoms with Crippen molar-refractivity contribution in [1.29, 1.82) is 0 Å². The third kappa shape index (κ3) is 3.30. The normalized spacial score (nSPS) is 10.0. The molecule has 0 aliphatic carbocycles. The van der Waals surface area contributed by atoms with E-state index in [1.807, 2.05) is 0 Å². The van der Waals surface area contributed by atoms with E-state index in [1.54, 1.807) is 18.2 Å². The molecule has 0 unspecified atom stereocenters. The highest BCUT2D eigenvalue weighted by Gasteiger charge is 2.05. The van der Waals surface area contributed by atoms with Gasteiger partial charge in [0.05, 0.1) is 18.9 Å². The number of benzene rings is 1. The lowest BCUT2D eigenvalue weighted by atomic mass is 10.2. The molecule has 5 N–H and O–H groups in total. The SMILES string of the molecule is OCCNc1cccc(O)c1NCCO. The first-order chi connectivity index (χ1) is 7.29. The van der Waals surface area contributed by atoms with Crippen LogP contribution in [0, 0.1) is 0 Å². The maximum atomic E-state index is 9.57. The van der Waals surface area contributed by atoms with E-state index in [4.69, 9.17) is 10.2 Å². The van der Waals surface area contributed by atoms with Gasteiger partial charge in [0.1, 0.15) is 11.4 Å². The molecule has 0 saturated heterocycles. The molecule has 0 radical (unpaired) electrons. The van der Waals surface area contributed by atoms with Gasteiger partial charge in [0.15, 0.2) is 0 Å². The van der Waals surface area contributed by atoms with Crippen LogP contribution in [0.25, 0.3) is 0 Å². The van der Waals surface area contributed by atoms with Crippen LogP contribution in [-0.2, 0) is 0 Å². The van der Waals surface area contributed by atoms with Gasteiger partial charge >= 0.3 is 0 Å². The Labute approximate surface area is 88.4 Å². The number of anilines is 2. The minimum absolute atomic E-state index is 0.00618. The van der Waals surface area contributed by atoms with Crippen LogP contribution >= 0.6 is 0 Å². The van der Waals surface area contributed by atoms with Crippen molar-refractivity contribution in [2.75, 3.05) is 36.9 Å². The number of nitrogens with one attached hydrogen (secondary N) is 2. The van der Waals surface area contributed by atoms with Crippen LogP contribution in [-0.4, -0.2) is 41.6 Å². The van der Waals surface area contributed by atoms with Crippen molar-refractivity contribution >= 4 is 11.4 Å². The number of hydrogen-bond donors (Lipinski definition) is 5. The third-order valence-electron chi connectivity index (χ3n) is 1.88. The fraction of sp³-hybridized carbons (Fsp3) is 0.400. The summed E-state index contributed by atoms with van der Waals surface area (Å²) in [5.41, 5.74) is 1.25. The highest BCUT2D eigenvalue weighted by Crippen LogP contribution is 2.30. The minimum Gasteiger partial charge on any atom is -0.506 e. The van der Waals surface area contributed by atoms with Gasteiger partial charge in [-0.15, -0.1) is 0 Å². The molecule has 0 heterocycles. The molecule has 0 aliphatic heterocycles. The summed E-state index contributed by atoms with van der Waals surface area (Å²) in [6, 6.07) is 5.05. The average Bonchev–Trinajstić information content (AvgIpc) is 2.25. The van der Waals surface area contributed by atoms with Crippen LogP contribution in [0.15, 0.2) is 18.2 Å². The summed E-state index contributed by atoms with van der Waals surface area (Å²) < 4.78 is 0. The summed E-state index contributed by atoms with van der Waals surface area (Å²) in [5.74, 6) is 0.117. The fourth-order valence-corrected chi connectivity index (χ4v) is 1.24. The molecule has 0 aromatic heterocycles. The molecule has 0 bridgehead atoms. The Morgan fingerprint density at radius 2 is 1.67 bits per heavy atom. The molecule has 0 saturated carbocycles. The number of hydrogen-bond acceptors (Lipinski definition) is 5. The van der Waals surface area contributed by atoms with Gasteiger partial charge in [-0.3, -0.25) is 0 Å². The van der Waals surface area contributed by atoms with Gasteiger partial charge in [-0.25, -0.2) is 0 Å². The summed E-state index contributed by atoms with van der Waals surface area (Å²) in [7, 11) is 0. The first-order valence-electron chi connectivity index (χ1n) is 4.81. The number of phenolic OH excluding ortho intramolecular Hbond substituents is 1. The van der Waals surface area contributed by atoms with E-state index >= 15 is 0 Å². The Morgan fingerprint density at radius 3 is 2.33 bits per heavy atom. The summed E-state index contributed by atoms with van der Waals surface area (Å²) in [4.78, 5) is 0. The quantitative estimate of drug-likeness (QED) is 0.435. The number of aliphatic hydroxyl groups is 2. The first kappa shape index (κ1) is 11.6. The Morgan fingerprint density at radius 1 is 1.00 bits per heavy atom. The van der Waals surface area contributed by atoms with E-state index < -0.39 is 0 Å². The summed E-state index contributed by atoms with van der Waals surface area (Å²) in [6.07, 6.45) is 0. The van der Waals surface area contributed by atoms with Gasteiger partial charge in [0.25, 0.3) is 0 Å². The van der Waals surface area contributed by atoms with Crippen molar-refractivity contribution in [2.45, 2.75) is 0 Å². The second kappa shape index (κ2) is 6.10. The van der Waals surface area contributed by atoms with Crippen molar-refractivity contribution in [1.82, 2.24) is 0 Å². The van der Waals surface area contributed by atoms with Crippen LogP contribution in [0.4, 0.5) is 11.4 Å². The molecule has 0 amide bonds. The van der Waals surface area contributed by atoms with E-state index in [2.05, 4.69) is 10.6 Å². The topological polar surface area (TPSA) is 84.8 Å². The van der Waals surface area contributed by atoms with E-state index in [1.165, 1.54) is 0 Å². The van der Waals surface area contributed by atoms with Crippen LogP contribution in [0.5, 0.6) is 5.75 Å². The molecule has 84 valence electrons. The van der Waals surface area contributed by atoms with Crippen LogP contribution < -0.4 is 10.6 Å². The summed E-state index contributed by atoms with van der Waals surface area (Å²) in [5, 5.41) is 32.8. The first-order valence-corrected chi connectivity index (χ1v) is 4.81. The molecule has 15 heavy (non-hydrogen) atoms. The molecule has 1 aromatic carbocycles. The Kier molecular flexibility index (Phi) is 4.73. The molecule has 0 fully saturated rings. The monoisotopic (exact) mass is 212 g/mol. The van der Waals surface area contributed by atoms with Gasteiger partial charge in [-0.05, 0) is 12.1 Å². The van der Waals surface area contributed by atoms with Crippen LogP contribution in [0.2, 0.25) is 0 Å². The smallest absolute Gasteiger partial charge is 0.140 e. The predicted molar refractivity (Wildman–Crippen MR) is 59.3 cm³/mol. The zero-order chi connectivity index (χ0) is 11.1. The van der Waals surface area contributed by atoms with Gasteiger partial charge in [-0.2, -0.15) is 0 Å². The maximum absolute atomic E-state index is 9.57. The molecule has 0 aliphatic rings. The third-order valence-corrected chi connectivity index (χ3v) is 1.88. The highest BCUT2D eigenvalue weighted by atomic mass is 16.3. The molecule has 1 rings (SSSR count). The van der Waals surface area contributed by atoms with Crippen LogP contribution in [0.1, 0.15) is 0 Å². The molecular formula is C10H16N2O3. The van der Waals surface area contributed by atoms with Crippen molar-refractivity contribution in [3.8, 4) is 5.75 Å². The molecule has 0 spiro atoms. The van der Waals surface area contributed by atoms with Crippen molar-refractivity contribution < 1.29 is 15.3 Å². The fourth-order valence-electron chi connectivity index (χ4n) is 1.24. The lowest BCUT2D eigenvalue weighted by Crippen LogP contribution is -2.11. The highest BCUT2D eigenvalue weighted by molar-refractivity contribution is 5.75. The zero-order valence-electron chi connectivity index (χ0n) is 8.40. The maximum Gasteiger partial charge on any atom is 0.140 e. The standard InChI is InChI=1S/C10H16N2O3/c13-6-4-11-8-2-1-3-9(15)10(8)12-5-7-14/h1-3,11-15H,4-7H2. The van der Waals surface area contributed by atoms with Gasteiger partial charge in [0.2, 0.25) is 0 Å². The predicted octanol–water partition coefficient (Wildman–Crippen LogP) is 0.201. The van der Waals surface area contributed by atoms with E-state index in [0.717, 1.165) is 0 Å². The molecule has 0 atom stereocenters. The molecular weight excluding hydrogens is 196 g/mol. The van der Waals surface area contributed by atoms with Crippen LogP contribution in [0.3, 0.4) is 0 Å². The lowest BCUT2D eigenvalue weighted by Gasteiger charge is -2.13. The average molecular weight is 212 g/mol. The molecule has 5 heteroatoms. The van der Waals surface area contributed by atoms with E-state index in [9.17, 15) is 5.11 Å². The molecule has 5 nitrogen and oxygen atoms in total. The van der Waals surface area contributed by atoms with Crippen molar-refractivity contribution in [3.05, 3.63) is 18.2 Å². The summed E-state index contributed by atoms with van der Waals surface area (Å²) in [6.45, 7) is 0.797. The van der Waals surface area contributed by atoms with Crippen molar-refractivity contribution in [2.24, 2.45) is 0 Å². The van der Waals surface area contributed by atoms with Gasteiger partial charge < -0.3 is 26.0 Å². The minimum atomic E-state index is -0.00618. The Balaban J connectivity index is 2.77. The van der Waals surface area contributed by atoms with Crippen molar-refractivity contribution in [3.63, 3.8) is 0 Å². The lowest BCUT2D eigenvalue weighted by molar-refractivity contribution is 0.310. The second-order valence-corrected chi connectivity index (χ2v) is 3.00. The van der Waals surface area contributed by atoms with Gasteiger partial charge in [-0.1, -0.05) is 6.07 Å². The number of aromatic hydroxyl groups is 1. The second-order valence-electron chi connectivity index (χ2n) is 3.00. The van der Waals surface area contributed by atoms with E-state index in [-0.39, 0.29) is 19.0 Å². The summed E-state index contributed by atoms with van der Waals surface area (Å²) >= 11 is 0. The largest absolute Gasteiger partial charge is 0.506 e. The Hall–Kier alpha value is -1.46. The van der Waals surface area contributed by atoms with Gasteiger partial charge in [0, 0.05) is 13.1 Å². The number of aliphatic hydroxyl groups excluding tert-OH is 2. The zero-order valence-corrected chi connectivity index (χ0v) is 8.40. The number of rotatable bonds is 6. The van der Waals surface area contributed by atoms with E-state index in [0.29, 0.717) is 24.5 Å². The molecule has 1 aromatic rings. The Bertz CT molecular complexity index is 305. The number of phenols is 1.